The Balaban J connectivity index is 3.11. The summed E-state index contributed by atoms with van der Waals surface area (Å²) >= 11 is 0. The van der Waals surface area contributed by atoms with Crippen molar-refractivity contribution in [3.63, 3.8) is 0 Å². The van der Waals surface area contributed by atoms with Crippen molar-refractivity contribution in [3.8, 4) is 0 Å². The number of ether oxygens (including phenoxy) is 1. The van der Waals surface area contributed by atoms with Gasteiger partial charge in [-0.3, -0.25) is 0 Å². The summed E-state index contributed by atoms with van der Waals surface area (Å²) in [6, 6.07) is 0.807. The van der Waals surface area contributed by atoms with Crippen molar-refractivity contribution in [1.29, 1.82) is 0 Å². The van der Waals surface area contributed by atoms with E-state index in [0.717, 1.165) is 31.7 Å². The van der Waals surface area contributed by atoms with E-state index >= 15 is 0 Å². The maximum absolute atomic E-state index is 13.3. The molecule has 0 unspecified atom stereocenters. The van der Waals surface area contributed by atoms with E-state index in [0.29, 0.717) is 6.61 Å². The van der Waals surface area contributed by atoms with Gasteiger partial charge in [-0.25, -0.2) is 4.79 Å². The van der Waals surface area contributed by atoms with E-state index in [9.17, 15) is 8.90 Å². The van der Waals surface area contributed by atoms with Gasteiger partial charge in [0.15, 0.2) is 0 Å². The fourth-order valence-electron chi connectivity index (χ4n) is 1.94. The summed E-state index contributed by atoms with van der Waals surface area (Å²) in [5.41, 5.74) is 0. The second-order valence-corrected chi connectivity index (χ2v) is 9.61. The minimum absolute atomic E-state index is 0.334. The van der Waals surface area contributed by atoms with Crippen LogP contribution in [-0.4, -0.2) is 21.0 Å². The quantitative estimate of drug-likeness (QED) is 0.166. The van der Waals surface area contributed by atoms with Gasteiger partial charge < -0.3 is 8.84 Å². The molecule has 0 radical (unpaired) electrons. The lowest BCUT2D eigenvalue weighted by Crippen LogP contribution is -2.16. The molecule has 0 aliphatic heterocycles. The summed E-state index contributed by atoms with van der Waals surface area (Å²) in [6.45, 7) is 7.41. The molecule has 2 nitrogen and oxygen atoms in total. The molecule has 0 amide bonds. The first kappa shape index (κ1) is 18.4. The van der Waals surface area contributed by atoms with Crippen LogP contribution in [0, 0.1) is 0 Å². The zero-order chi connectivity index (χ0) is 14.6. The van der Waals surface area contributed by atoms with Crippen LogP contribution >= 0.6 is 0 Å². The largest absolute Gasteiger partial charge is 0.463 e. The highest BCUT2D eigenvalue weighted by molar-refractivity contribution is 6.70. The minimum atomic E-state index is -2.31. The molecule has 112 valence electrons. The van der Waals surface area contributed by atoms with E-state index in [-0.39, 0.29) is 5.97 Å². The second kappa shape index (κ2) is 11.2. The number of halogens is 1. The van der Waals surface area contributed by atoms with Crippen LogP contribution in [0.15, 0.2) is 12.7 Å². The molecule has 0 fully saturated rings. The van der Waals surface area contributed by atoms with E-state index in [1.54, 1.807) is 13.1 Å². The van der Waals surface area contributed by atoms with Crippen molar-refractivity contribution in [2.24, 2.45) is 0 Å². The summed E-state index contributed by atoms with van der Waals surface area (Å²) in [4.78, 5) is 10.8. The smallest absolute Gasteiger partial charge is 0.330 e. The van der Waals surface area contributed by atoms with Crippen molar-refractivity contribution < 1.29 is 13.6 Å². The average molecular weight is 288 g/mol. The molecule has 0 aliphatic rings. The molecule has 0 atom stereocenters. The zero-order valence-corrected chi connectivity index (χ0v) is 13.5. The molecule has 0 saturated heterocycles. The molecule has 0 rings (SSSR count). The molecule has 0 bridgehead atoms. The Labute approximate surface area is 118 Å². The highest BCUT2D eigenvalue weighted by Gasteiger charge is 2.18. The number of hydrogen-bond donors (Lipinski definition) is 0. The Kier molecular flexibility index (Phi) is 10.8. The highest BCUT2D eigenvalue weighted by Crippen LogP contribution is 2.17. The third-order valence-corrected chi connectivity index (χ3v) is 4.62. The van der Waals surface area contributed by atoms with Crippen LogP contribution in [0.5, 0.6) is 0 Å². The number of unbranched alkanes of at least 4 members (excludes halogenated alkanes) is 7. The monoisotopic (exact) mass is 288 g/mol. The summed E-state index contributed by atoms with van der Waals surface area (Å²) in [5.74, 6) is -0.334. The molecular formula is C15H29FO2Si. The maximum atomic E-state index is 13.3. The van der Waals surface area contributed by atoms with Crippen LogP contribution < -0.4 is 0 Å². The molecule has 0 aromatic rings. The van der Waals surface area contributed by atoms with Gasteiger partial charge in [0.1, 0.15) is 0 Å². The first-order valence-electron chi connectivity index (χ1n) is 7.44. The molecule has 0 aliphatic carbocycles. The van der Waals surface area contributed by atoms with Gasteiger partial charge in [0.05, 0.1) is 6.61 Å². The molecule has 0 aromatic carbocycles. The van der Waals surface area contributed by atoms with Crippen LogP contribution in [0.25, 0.3) is 0 Å². The molecule has 0 spiro atoms. The Bertz CT molecular complexity index is 249. The third-order valence-electron chi connectivity index (χ3n) is 3.08. The molecule has 0 saturated carbocycles. The van der Waals surface area contributed by atoms with E-state index in [1.807, 2.05) is 0 Å². The Hall–Kier alpha value is -0.643. The molecule has 4 heteroatoms. The van der Waals surface area contributed by atoms with Gasteiger partial charge in [-0.1, -0.05) is 51.5 Å². The number of rotatable bonds is 12. The fraction of sp³-hybridized carbons (Fsp3) is 0.800. The standard InChI is InChI=1S/C15H29FO2Si/c1-4-15(17)18-13-11-9-7-5-6-8-10-12-14-19(2,3)16/h4H,1,5-14H2,2-3H3. The summed E-state index contributed by atoms with van der Waals surface area (Å²) in [6.07, 6.45) is 10.3. The van der Waals surface area contributed by atoms with Gasteiger partial charge in [-0.2, -0.15) is 0 Å². The average Bonchev–Trinajstić information content (AvgIpc) is 2.34. The van der Waals surface area contributed by atoms with E-state index in [1.165, 1.54) is 31.8 Å². The summed E-state index contributed by atoms with van der Waals surface area (Å²) in [5, 5.41) is 0. The third kappa shape index (κ3) is 15.3. The first-order valence-corrected chi connectivity index (χ1v) is 10.5. The number of hydrogen-bond acceptors (Lipinski definition) is 2. The van der Waals surface area contributed by atoms with Crippen LogP contribution in [0.2, 0.25) is 19.1 Å². The molecular weight excluding hydrogens is 259 g/mol. The van der Waals surface area contributed by atoms with Crippen LogP contribution in [-0.2, 0) is 9.53 Å². The van der Waals surface area contributed by atoms with Gasteiger partial charge in [-0.05, 0) is 25.6 Å². The predicted molar refractivity (Wildman–Crippen MR) is 81.5 cm³/mol. The summed E-state index contributed by atoms with van der Waals surface area (Å²) < 4.78 is 18.2. The van der Waals surface area contributed by atoms with Gasteiger partial charge in [-0.15, -0.1) is 0 Å². The second-order valence-electron chi connectivity index (χ2n) is 5.67. The van der Waals surface area contributed by atoms with Crippen molar-refractivity contribution in [2.45, 2.75) is 70.5 Å². The summed E-state index contributed by atoms with van der Waals surface area (Å²) in [7, 11) is -2.31. The lowest BCUT2D eigenvalue weighted by molar-refractivity contribution is -0.137. The van der Waals surface area contributed by atoms with Crippen molar-refractivity contribution in [1.82, 2.24) is 0 Å². The lowest BCUT2D eigenvalue weighted by Gasteiger charge is -2.09. The van der Waals surface area contributed by atoms with Gasteiger partial charge in [0, 0.05) is 6.08 Å². The Morgan fingerprint density at radius 2 is 1.53 bits per heavy atom. The molecule has 0 aromatic heterocycles. The van der Waals surface area contributed by atoms with Gasteiger partial charge in [0.2, 0.25) is 8.41 Å². The molecule has 0 N–H and O–H groups in total. The number of carbonyl (C=O) groups is 1. The van der Waals surface area contributed by atoms with E-state index in [4.69, 9.17) is 4.74 Å². The van der Waals surface area contributed by atoms with E-state index in [2.05, 4.69) is 6.58 Å². The van der Waals surface area contributed by atoms with Crippen molar-refractivity contribution >= 4 is 14.4 Å². The maximum Gasteiger partial charge on any atom is 0.330 e. The fourth-order valence-corrected chi connectivity index (χ4v) is 3.03. The Morgan fingerprint density at radius 3 is 2.00 bits per heavy atom. The topological polar surface area (TPSA) is 26.3 Å². The minimum Gasteiger partial charge on any atom is -0.463 e. The lowest BCUT2D eigenvalue weighted by atomic mass is 10.1. The highest BCUT2D eigenvalue weighted by atomic mass is 28.4. The van der Waals surface area contributed by atoms with Crippen molar-refractivity contribution in [3.05, 3.63) is 12.7 Å². The zero-order valence-electron chi connectivity index (χ0n) is 12.5. The van der Waals surface area contributed by atoms with Crippen LogP contribution in [0.1, 0.15) is 51.4 Å². The van der Waals surface area contributed by atoms with Crippen LogP contribution in [0.4, 0.5) is 4.11 Å². The molecule has 19 heavy (non-hydrogen) atoms. The van der Waals surface area contributed by atoms with Gasteiger partial charge >= 0.3 is 5.97 Å². The van der Waals surface area contributed by atoms with Crippen LogP contribution in [0.3, 0.4) is 0 Å². The predicted octanol–water partition coefficient (Wildman–Crippen LogP) is 5.01. The number of esters is 1. The Morgan fingerprint density at radius 1 is 1.05 bits per heavy atom. The van der Waals surface area contributed by atoms with Gasteiger partial charge in [0.25, 0.3) is 0 Å². The SMILES string of the molecule is C=CC(=O)OCCCCCCCCCC[Si](C)(C)F. The number of carbonyl (C=O) groups excluding carboxylic acids is 1. The normalized spacial score (nSPS) is 11.3. The van der Waals surface area contributed by atoms with Crippen molar-refractivity contribution in [2.75, 3.05) is 6.61 Å². The van der Waals surface area contributed by atoms with E-state index < -0.39 is 8.41 Å². The molecule has 0 heterocycles. The first-order chi connectivity index (χ1) is 8.95.